The third-order valence-corrected chi connectivity index (χ3v) is 16.3. The van der Waals surface area contributed by atoms with Crippen LogP contribution in [0, 0.1) is 45.3 Å². The van der Waals surface area contributed by atoms with E-state index in [0.717, 1.165) is 12.0 Å². The summed E-state index contributed by atoms with van der Waals surface area (Å²) < 4.78 is 22.9. The van der Waals surface area contributed by atoms with Gasteiger partial charge in [0.15, 0.2) is 11.9 Å². The van der Waals surface area contributed by atoms with Crippen LogP contribution in [0.1, 0.15) is 106 Å². The van der Waals surface area contributed by atoms with Gasteiger partial charge in [-0.05, 0) is 119 Å². The minimum absolute atomic E-state index is 0.0410. The summed E-state index contributed by atoms with van der Waals surface area (Å²) in [4.78, 5) is 27.6. The van der Waals surface area contributed by atoms with Gasteiger partial charge in [-0.25, -0.2) is 4.79 Å². The lowest BCUT2D eigenvalue weighted by Crippen LogP contribution is -2.67. The number of carboxylic acids is 1. The highest BCUT2D eigenvalue weighted by atomic mass is 16.7. The Morgan fingerprint density at radius 2 is 1.46 bits per heavy atom. The van der Waals surface area contributed by atoms with Gasteiger partial charge in [-0.2, -0.15) is 0 Å². The average molecular weight is 799 g/mol. The summed E-state index contributed by atoms with van der Waals surface area (Å²) >= 11 is 0. The third kappa shape index (κ3) is 6.78. The van der Waals surface area contributed by atoms with Gasteiger partial charge < -0.3 is 64.9 Å². The van der Waals surface area contributed by atoms with Crippen LogP contribution in [0.2, 0.25) is 0 Å². The predicted octanol–water partition coefficient (Wildman–Crippen LogP) is 1.38. The molecule has 0 radical (unpaired) electrons. The van der Waals surface area contributed by atoms with Crippen LogP contribution in [0.3, 0.4) is 0 Å². The molecule has 4 aliphatic carbocycles. The van der Waals surface area contributed by atoms with E-state index in [1.165, 1.54) is 0 Å². The zero-order valence-corrected chi connectivity index (χ0v) is 33.6. The number of carbonyl (C=O) groups excluding carboxylic acids is 1. The molecule has 0 bridgehead atoms. The minimum atomic E-state index is -2.00. The molecule has 19 atom stereocenters. The summed E-state index contributed by atoms with van der Waals surface area (Å²) in [5, 5.41) is 95.5. The van der Waals surface area contributed by atoms with E-state index >= 15 is 0 Å². The summed E-state index contributed by atoms with van der Waals surface area (Å²) in [6.07, 6.45) is -7.32. The fourth-order valence-corrected chi connectivity index (χ4v) is 12.9. The second-order valence-electron chi connectivity index (χ2n) is 19.2. The first kappa shape index (κ1) is 43.8. The van der Waals surface area contributed by atoms with Gasteiger partial charge in [-0.1, -0.05) is 32.4 Å². The summed E-state index contributed by atoms with van der Waals surface area (Å²) in [6, 6.07) is 0. The van der Waals surface area contributed by atoms with Crippen molar-refractivity contribution in [1.82, 2.24) is 0 Å². The number of aliphatic carboxylic acids is 1. The smallest absolute Gasteiger partial charge is 0.340 e. The van der Waals surface area contributed by atoms with Crippen molar-refractivity contribution in [2.75, 3.05) is 13.2 Å². The molecule has 9 N–H and O–H groups in total. The number of esters is 1. The Morgan fingerprint density at radius 3 is 2.11 bits per heavy atom. The standard InChI is InChI=1S/C41H66O15/c1-20(2)8-7-14-41(52,36(51)56-34-32(48)30(46)29(45)24(18-42)54-34)22-11-16-38(4)21(22)9-10-25-37(3)15-13-27(55-33-31(47)28(44)23(43)19-53-33)40(6,35(49)50)26(37)12-17-39(25,38)5/h8,21-34,42-48,52H,7,9-19H2,1-6H3,(H,49,50)/t21-,22+,23+,24-,25-,26-,27+,28+,29-,30+,31-,32-,33+,34+,37-,38-,39-,40-,41+/m1/s1. The Balaban J connectivity index is 1.26. The Morgan fingerprint density at radius 1 is 0.804 bits per heavy atom. The van der Waals surface area contributed by atoms with Crippen molar-refractivity contribution < 1.29 is 74.5 Å². The normalized spacial score (nSPS) is 50.1. The largest absolute Gasteiger partial charge is 0.481 e. The number of ether oxygens (including phenoxy) is 4. The zero-order chi connectivity index (χ0) is 41.3. The predicted molar refractivity (Wildman–Crippen MR) is 197 cm³/mol. The van der Waals surface area contributed by atoms with Crippen molar-refractivity contribution >= 4 is 11.9 Å². The summed E-state index contributed by atoms with van der Waals surface area (Å²) in [5.74, 6) is -2.84. The molecule has 56 heavy (non-hydrogen) atoms. The molecule has 0 aromatic heterocycles. The fraction of sp³-hybridized carbons (Fsp3) is 0.902. The number of fused-ring (bicyclic) bond motifs is 5. The highest BCUT2D eigenvalue weighted by Gasteiger charge is 2.72. The van der Waals surface area contributed by atoms with Gasteiger partial charge in [0, 0.05) is 5.92 Å². The topological polar surface area (TPSA) is 253 Å². The van der Waals surface area contributed by atoms with Gasteiger partial charge in [0.2, 0.25) is 6.29 Å². The molecule has 0 aromatic rings. The molecule has 15 heteroatoms. The highest BCUT2D eigenvalue weighted by molar-refractivity contribution is 5.80. The van der Waals surface area contributed by atoms with Crippen molar-refractivity contribution in [2.45, 2.75) is 173 Å². The molecule has 2 aliphatic heterocycles. The average Bonchev–Trinajstić information content (AvgIpc) is 3.51. The van der Waals surface area contributed by atoms with Gasteiger partial charge in [-0.3, -0.25) is 4.79 Å². The van der Waals surface area contributed by atoms with Crippen LogP contribution in [0.5, 0.6) is 0 Å². The first-order valence-corrected chi connectivity index (χ1v) is 20.5. The number of hydrogen-bond acceptors (Lipinski definition) is 14. The molecular weight excluding hydrogens is 732 g/mol. The summed E-state index contributed by atoms with van der Waals surface area (Å²) in [7, 11) is 0. The fourth-order valence-electron chi connectivity index (χ4n) is 12.9. The van der Waals surface area contributed by atoms with Crippen molar-refractivity contribution in [2.24, 2.45) is 45.3 Å². The second kappa shape index (κ2) is 15.7. The molecule has 15 nitrogen and oxygen atoms in total. The van der Waals surface area contributed by atoms with Gasteiger partial charge >= 0.3 is 11.9 Å². The first-order valence-electron chi connectivity index (χ1n) is 20.5. The molecule has 6 fully saturated rings. The molecule has 6 aliphatic rings. The van der Waals surface area contributed by atoms with E-state index in [9.17, 15) is 55.5 Å². The number of aliphatic hydroxyl groups is 8. The van der Waals surface area contributed by atoms with E-state index in [0.29, 0.717) is 51.4 Å². The number of rotatable bonds is 10. The van der Waals surface area contributed by atoms with Crippen LogP contribution >= 0.6 is 0 Å². The monoisotopic (exact) mass is 798 g/mol. The van der Waals surface area contributed by atoms with Crippen molar-refractivity contribution in [3.63, 3.8) is 0 Å². The van der Waals surface area contributed by atoms with Crippen molar-refractivity contribution in [3.8, 4) is 0 Å². The van der Waals surface area contributed by atoms with Crippen LogP contribution in [-0.2, 0) is 28.5 Å². The van der Waals surface area contributed by atoms with Gasteiger partial charge in [-0.15, -0.1) is 0 Å². The number of carbonyl (C=O) groups is 2. The first-order chi connectivity index (χ1) is 26.1. The third-order valence-electron chi connectivity index (χ3n) is 16.3. The van der Waals surface area contributed by atoms with E-state index < -0.39 is 102 Å². The Kier molecular flexibility index (Phi) is 12.3. The molecule has 0 unspecified atom stereocenters. The van der Waals surface area contributed by atoms with Crippen LogP contribution in [0.4, 0.5) is 0 Å². The summed E-state index contributed by atoms with van der Waals surface area (Å²) in [6.45, 7) is 11.4. The van der Waals surface area contributed by atoms with E-state index in [1.807, 2.05) is 19.9 Å². The van der Waals surface area contributed by atoms with E-state index in [2.05, 4.69) is 20.8 Å². The van der Waals surface area contributed by atoms with Crippen molar-refractivity contribution in [3.05, 3.63) is 11.6 Å². The molecule has 0 spiro atoms. The Hall–Kier alpha value is -1.76. The van der Waals surface area contributed by atoms with Crippen molar-refractivity contribution in [1.29, 1.82) is 0 Å². The number of hydrogen-bond donors (Lipinski definition) is 9. The number of allylic oxidation sites excluding steroid dienone is 2. The quantitative estimate of drug-likeness (QED) is 0.0860. The number of aliphatic hydroxyl groups excluding tert-OH is 7. The zero-order valence-electron chi connectivity index (χ0n) is 33.6. The van der Waals surface area contributed by atoms with E-state index in [-0.39, 0.29) is 41.6 Å². The molecule has 6 rings (SSSR count). The summed E-state index contributed by atoms with van der Waals surface area (Å²) in [5.41, 5.74) is -3.41. The number of carboxylic acid groups (broad SMARTS) is 1. The molecular formula is C41H66O15. The lowest BCUT2D eigenvalue weighted by Gasteiger charge is -2.69. The van der Waals surface area contributed by atoms with E-state index in [1.54, 1.807) is 6.92 Å². The minimum Gasteiger partial charge on any atom is -0.481 e. The molecule has 320 valence electrons. The molecule has 4 saturated carbocycles. The highest BCUT2D eigenvalue weighted by Crippen LogP contribution is 2.76. The SMILES string of the molecule is CC(C)=CCC[C@@](O)(C(=O)O[C@@H]1O[C@H](CO)[C@@H](O)[C@H](O)[C@H]1O)[C@H]1CC[C@]2(C)[C@@H]1CC[C@@H]1[C@@]3(C)CC[C@H](O[C@@H]4OC[C@H](O)[C@H](O)[C@H]4O)[C@](C)(C(=O)O)[C@@H]3CC[C@]12C. The van der Waals surface area contributed by atoms with Crippen LogP contribution in [0.15, 0.2) is 11.6 Å². The Labute approximate surface area is 329 Å². The lowest BCUT2D eigenvalue weighted by atomic mass is 9.35. The van der Waals surface area contributed by atoms with Crippen LogP contribution in [0.25, 0.3) is 0 Å². The van der Waals surface area contributed by atoms with Gasteiger partial charge in [0.1, 0.15) is 42.7 Å². The molecule has 0 amide bonds. The van der Waals surface area contributed by atoms with E-state index in [4.69, 9.17) is 18.9 Å². The van der Waals surface area contributed by atoms with Crippen LogP contribution < -0.4 is 0 Å². The molecule has 2 saturated heterocycles. The lowest BCUT2D eigenvalue weighted by molar-refractivity contribution is -0.310. The van der Waals surface area contributed by atoms with Gasteiger partial charge in [0.05, 0.1) is 24.7 Å². The maximum Gasteiger partial charge on any atom is 0.340 e. The molecule has 2 heterocycles. The molecule has 0 aromatic carbocycles. The second-order valence-corrected chi connectivity index (χ2v) is 19.2. The maximum atomic E-state index is 14.3. The maximum absolute atomic E-state index is 14.3. The van der Waals surface area contributed by atoms with Crippen LogP contribution in [-0.4, -0.2) is 138 Å². The van der Waals surface area contributed by atoms with Gasteiger partial charge in [0.25, 0.3) is 0 Å². The Bertz CT molecular complexity index is 1490.